The van der Waals surface area contributed by atoms with Crippen LogP contribution in [0.5, 0.6) is 0 Å². The van der Waals surface area contributed by atoms with E-state index in [0.29, 0.717) is 32.5 Å². The lowest BCUT2D eigenvalue weighted by Crippen LogP contribution is -2.38. The topological polar surface area (TPSA) is 90.4 Å². The number of amides is 2. The average molecular weight is 338 g/mol. The summed E-state index contributed by atoms with van der Waals surface area (Å²) in [5.41, 5.74) is 7.51. The van der Waals surface area contributed by atoms with Crippen LogP contribution in [-0.2, 0) is 16.0 Å². The normalized spacial score (nSPS) is 18.4. The molecule has 2 aliphatic heterocycles. The van der Waals surface area contributed by atoms with Crippen molar-refractivity contribution in [3.05, 3.63) is 41.6 Å². The fourth-order valence-electron chi connectivity index (χ4n) is 3.52. The standard InChI is InChI=1S/C19H22N4O2/c20-12-16(13-22-10-7-15(8-11-22)18(21)24)19(25)23-9-3-5-14-4-1-2-6-17(14)23/h1-2,4,6,13,15H,3,5,7-11H2,(H2,21,24)/b16-13-. The van der Waals surface area contributed by atoms with Crippen molar-refractivity contribution in [2.75, 3.05) is 24.5 Å². The Morgan fingerprint density at radius 3 is 2.60 bits per heavy atom. The van der Waals surface area contributed by atoms with Gasteiger partial charge in [0, 0.05) is 37.4 Å². The van der Waals surface area contributed by atoms with Crippen molar-refractivity contribution in [1.29, 1.82) is 5.26 Å². The van der Waals surface area contributed by atoms with Gasteiger partial charge in [-0.05, 0) is 37.3 Å². The number of para-hydroxylation sites is 1. The third-order valence-electron chi connectivity index (χ3n) is 4.95. The van der Waals surface area contributed by atoms with E-state index in [1.165, 1.54) is 0 Å². The summed E-state index contributed by atoms with van der Waals surface area (Å²) in [4.78, 5) is 27.8. The minimum absolute atomic E-state index is 0.111. The molecule has 2 amide bonds. The van der Waals surface area contributed by atoms with Crippen LogP contribution in [0.15, 0.2) is 36.0 Å². The molecule has 1 fully saturated rings. The molecule has 2 heterocycles. The largest absolute Gasteiger partial charge is 0.376 e. The number of likely N-dealkylation sites (tertiary alicyclic amines) is 1. The van der Waals surface area contributed by atoms with E-state index in [1.807, 2.05) is 35.2 Å². The van der Waals surface area contributed by atoms with E-state index in [2.05, 4.69) is 0 Å². The van der Waals surface area contributed by atoms with Gasteiger partial charge in [0.1, 0.15) is 11.6 Å². The second-order valence-corrected chi connectivity index (χ2v) is 6.56. The molecule has 1 aromatic rings. The monoisotopic (exact) mass is 338 g/mol. The lowest BCUT2D eigenvalue weighted by molar-refractivity contribution is -0.123. The molecule has 0 aliphatic carbocycles. The smallest absolute Gasteiger partial charge is 0.270 e. The fraction of sp³-hybridized carbons (Fsp3) is 0.421. The van der Waals surface area contributed by atoms with Gasteiger partial charge in [0.05, 0.1) is 0 Å². The van der Waals surface area contributed by atoms with Crippen LogP contribution >= 0.6 is 0 Å². The Kier molecular flexibility index (Phi) is 5.03. The maximum absolute atomic E-state index is 12.9. The number of nitrogens with two attached hydrogens (primary N) is 1. The predicted molar refractivity (Wildman–Crippen MR) is 94.3 cm³/mol. The van der Waals surface area contributed by atoms with Crippen molar-refractivity contribution < 1.29 is 9.59 Å². The van der Waals surface area contributed by atoms with Gasteiger partial charge >= 0.3 is 0 Å². The molecule has 2 N–H and O–H groups in total. The average Bonchev–Trinajstić information content (AvgIpc) is 2.65. The number of hydrogen-bond donors (Lipinski definition) is 1. The third-order valence-corrected chi connectivity index (χ3v) is 4.95. The lowest BCUT2D eigenvalue weighted by atomic mass is 9.96. The number of hydrogen-bond acceptors (Lipinski definition) is 4. The summed E-state index contributed by atoms with van der Waals surface area (Å²) in [5, 5.41) is 9.48. The first-order valence-electron chi connectivity index (χ1n) is 8.65. The molecule has 0 saturated carbocycles. The van der Waals surface area contributed by atoms with E-state index < -0.39 is 0 Å². The van der Waals surface area contributed by atoms with Crippen molar-refractivity contribution in [3.8, 4) is 6.07 Å². The highest BCUT2D eigenvalue weighted by molar-refractivity contribution is 6.08. The van der Waals surface area contributed by atoms with Gasteiger partial charge in [-0.1, -0.05) is 18.2 Å². The summed E-state index contributed by atoms with van der Waals surface area (Å²) >= 11 is 0. The van der Waals surface area contributed by atoms with E-state index in [-0.39, 0.29) is 23.3 Å². The number of rotatable bonds is 3. The Bertz CT molecular complexity index is 742. The minimum Gasteiger partial charge on any atom is -0.376 e. The molecule has 0 unspecified atom stereocenters. The van der Waals surface area contributed by atoms with Gasteiger partial charge in [0.15, 0.2) is 0 Å². The van der Waals surface area contributed by atoms with Crippen molar-refractivity contribution in [2.24, 2.45) is 11.7 Å². The van der Waals surface area contributed by atoms with E-state index in [1.54, 1.807) is 11.1 Å². The molecular weight excluding hydrogens is 316 g/mol. The summed E-state index contributed by atoms with van der Waals surface area (Å²) in [5.74, 6) is -0.642. The molecule has 130 valence electrons. The number of anilines is 1. The Morgan fingerprint density at radius 1 is 1.20 bits per heavy atom. The number of piperidine rings is 1. The minimum atomic E-state index is -0.273. The highest BCUT2D eigenvalue weighted by atomic mass is 16.2. The SMILES string of the molecule is N#C/C(=C/N1CCC(C(N)=O)CC1)C(=O)N1CCCc2ccccc21. The molecule has 6 heteroatoms. The van der Waals surface area contributed by atoms with Crippen LogP contribution in [0.25, 0.3) is 0 Å². The number of aryl methyl sites for hydroxylation is 1. The number of nitriles is 1. The second kappa shape index (κ2) is 7.39. The zero-order valence-electron chi connectivity index (χ0n) is 14.1. The molecule has 3 rings (SSSR count). The number of fused-ring (bicyclic) bond motifs is 1. The molecule has 0 radical (unpaired) electrons. The van der Waals surface area contributed by atoms with Crippen molar-refractivity contribution in [3.63, 3.8) is 0 Å². The molecule has 6 nitrogen and oxygen atoms in total. The van der Waals surface area contributed by atoms with Gasteiger partial charge < -0.3 is 15.5 Å². The summed E-state index contributed by atoms with van der Waals surface area (Å²) in [7, 11) is 0. The summed E-state index contributed by atoms with van der Waals surface area (Å²) in [6, 6.07) is 9.89. The summed E-state index contributed by atoms with van der Waals surface area (Å²) in [6.45, 7) is 1.88. The molecule has 0 aromatic heterocycles. The van der Waals surface area contributed by atoms with Gasteiger partial charge in [-0.2, -0.15) is 5.26 Å². The zero-order chi connectivity index (χ0) is 17.8. The van der Waals surface area contributed by atoms with Crippen molar-refractivity contribution in [1.82, 2.24) is 4.90 Å². The third kappa shape index (κ3) is 3.66. The Balaban J connectivity index is 1.75. The highest BCUT2D eigenvalue weighted by Crippen LogP contribution is 2.28. The zero-order valence-corrected chi connectivity index (χ0v) is 14.1. The molecule has 1 saturated heterocycles. The first-order valence-corrected chi connectivity index (χ1v) is 8.65. The maximum Gasteiger partial charge on any atom is 0.270 e. The van der Waals surface area contributed by atoms with E-state index in [9.17, 15) is 14.9 Å². The van der Waals surface area contributed by atoms with E-state index in [4.69, 9.17) is 5.73 Å². The van der Waals surface area contributed by atoms with E-state index in [0.717, 1.165) is 24.1 Å². The number of carbonyl (C=O) groups excluding carboxylic acids is 2. The van der Waals surface area contributed by atoms with Crippen molar-refractivity contribution >= 4 is 17.5 Å². The van der Waals surface area contributed by atoms with Crippen LogP contribution in [0, 0.1) is 17.2 Å². The molecular formula is C19H22N4O2. The Morgan fingerprint density at radius 2 is 1.92 bits per heavy atom. The molecule has 0 atom stereocenters. The second-order valence-electron chi connectivity index (χ2n) is 6.56. The van der Waals surface area contributed by atoms with Gasteiger partial charge in [0.2, 0.25) is 5.91 Å². The quantitative estimate of drug-likeness (QED) is 0.669. The molecule has 1 aromatic carbocycles. The summed E-state index contributed by atoms with van der Waals surface area (Å²) in [6.07, 6.45) is 4.80. The fourth-order valence-corrected chi connectivity index (χ4v) is 3.52. The first-order chi connectivity index (χ1) is 12.1. The van der Waals surface area contributed by atoms with Crippen LogP contribution in [0.1, 0.15) is 24.8 Å². The first kappa shape index (κ1) is 17.0. The van der Waals surface area contributed by atoms with Gasteiger partial charge in [0.25, 0.3) is 5.91 Å². The number of benzene rings is 1. The maximum atomic E-state index is 12.9. The summed E-state index contributed by atoms with van der Waals surface area (Å²) < 4.78 is 0. The number of nitrogens with zero attached hydrogens (tertiary/aromatic N) is 3. The molecule has 0 bridgehead atoms. The number of carbonyl (C=O) groups is 2. The predicted octanol–water partition coefficient (Wildman–Crippen LogP) is 1.57. The van der Waals surface area contributed by atoms with Crippen LogP contribution in [-0.4, -0.2) is 36.3 Å². The van der Waals surface area contributed by atoms with Crippen molar-refractivity contribution in [2.45, 2.75) is 25.7 Å². The van der Waals surface area contributed by atoms with Gasteiger partial charge in [-0.25, -0.2) is 0 Å². The van der Waals surface area contributed by atoms with Gasteiger partial charge in [-0.15, -0.1) is 0 Å². The van der Waals surface area contributed by atoms with Crippen LogP contribution in [0.3, 0.4) is 0 Å². The lowest BCUT2D eigenvalue weighted by Gasteiger charge is -2.31. The molecule has 25 heavy (non-hydrogen) atoms. The van der Waals surface area contributed by atoms with Crippen LogP contribution < -0.4 is 10.6 Å². The Labute approximate surface area is 147 Å². The van der Waals surface area contributed by atoms with Gasteiger partial charge in [-0.3, -0.25) is 9.59 Å². The van der Waals surface area contributed by atoms with Crippen LogP contribution in [0.2, 0.25) is 0 Å². The highest BCUT2D eigenvalue weighted by Gasteiger charge is 2.27. The molecule has 2 aliphatic rings. The number of primary amides is 1. The Hall–Kier alpha value is -2.81. The van der Waals surface area contributed by atoms with E-state index >= 15 is 0 Å². The van der Waals surface area contributed by atoms with Crippen LogP contribution in [0.4, 0.5) is 5.69 Å². The molecule has 0 spiro atoms.